The average molecular weight is 208 g/mol. The van der Waals surface area contributed by atoms with Gasteiger partial charge in [-0.05, 0) is 25.3 Å². The fraction of sp³-hybridized carbons (Fsp3) is 0.615. The van der Waals surface area contributed by atoms with Crippen molar-refractivity contribution in [2.24, 2.45) is 11.3 Å². The number of ketones is 1. The van der Waals surface area contributed by atoms with Gasteiger partial charge in [-0.25, -0.2) is 0 Å². The number of hydrogen-bond acceptors (Lipinski definition) is 2. The molecule has 0 fully saturated rings. The number of aliphatic hydroxyl groups excluding tert-OH is 1. The maximum absolute atomic E-state index is 11.4. The third-order valence-corrected chi connectivity index (χ3v) is 2.93. The van der Waals surface area contributed by atoms with Crippen LogP contribution in [-0.2, 0) is 4.79 Å². The Bertz CT molecular complexity index is 308. The van der Waals surface area contributed by atoms with Crippen LogP contribution in [0.5, 0.6) is 0 Å². The smallest absolute Gasteiger partial charge is 0.156 e. The van der Waals surface area contributed by atoms with Gasteiger partial charge in [0, 0.05) is 12.3 Å². The van der Waals surface area contributed by atoms with Gasteiger partial charge in [-0.15, -0.1) is 0 Å². The van der Waals surface area contributed by atoms with E-state index < -0.39 is 6.10 Å². The minimum atomic E-state index is -0.425. The number of hydrogen-bond donors (Lipinski definition) is 1. The Morgan fingerprint density at radius 3 is 2.67 bits per heavy atom. The Hall–Kier alpha value is -0.890. The third kappa shape index (κ3) is 3.03. The molecule has 84 valence electrons. The molecular formula is C13H20O2. The molecule has 0 heterocycles. The van der Waals surface area contributed by atoms with Gasteiger partial charge in [0.15, 0.2) is 5.78 Å². The van der Waals surface area contributed by atoms with Crippen LogP contribution >= 0.6 is 0 Å². The Morgan fingerprint density at radius 2 is 2.20 bits per heavy atom. The second-order valence-corrected chi connectivity index (χ2v) is 5.12. The Labute approximate surface area is 91.7 Å². The summed E-state index contributed by atoms with van der Waals surface area (Å²) < 4.78 is 0. The van der Waals surface area contributed by atoms with Crippen molar-refractivity contribution in [3.05, 3.63) is 23.8 Å². The third-order valence-electron chi connectivity index (χ3n) is 2.93. The zero-order valence-corrected chi connectivity index (χ0v) is 9.95. The van der Waals surface area contributed by atoms with Crippen molar-refractivity contribution < 1.29 is 9.90 Å². The van der Waals surface area contributed by atoms with Gasteiger partial charge in [-0.1, -0.05) is 31.6 Å². The van der Waals surface area contributed by atoms with E-state index >= 15 is 0 Å². The van der Waals surface area contributed by atoms with Crippen molar-refractivity contribution in [2.45, 2.75) is 40.2 Å². The van der Waals surface area contributed by atoms with Crippen molar-refractivity contribution in [3.8, 4) is 0 Å². The van der Waals surface area contributed by atoms with Gasteiger partial charge in [-0.2, -0.15) is 0 Å². The maximum Gasteiger partial charge on any atom is 0.156 e. The molecule has 2 nitrogen and oxygen atoms in total. The van der Waals surface area contributed by atoms with E-state index in [0.717, 1.165) is 5.57 Å². The summed E-state index contributed by atoms with van der Waals surface area (Å²) >= 11 is 0. The summed E-state index contributed by atoms with van der Waals surface area (Å²) in [5.41, 5.74) is 1.05. The summed E-state index contributed by atoms with van der Waals surface area (Å²) in [4.78, 5) is 11.4. The number of aliphatic hydroxyl groups is 1. The van der Waals surface area contributed by atoms with Gasteiger partial charge >= 0.3 is 0 Å². The highest BCUT2D eigenvalue weighted by Crippen LogP contribution is 2.40. The maximum atomic E-state index is 11.4. The Balaban J connectivity index is 2.94. The number of carbonyl (C=O) groups is 1. The first-order valence-corrected chi connectivity index (χ1v) is 5.40. The Kier molecular flexibility index (Phi) is 3.50. The van der Waals surface area contributed by atoms with Gasteiger partial charge < -0.3 is 5.11 Å². The van der Waals surface area contributed by atoms with E-state index in [2.05, 4.69) is 13.8 Å². The second kappa shape index (κ2) is 4.31. The summed E-state index contributed by atoms with van der Waals surface area (Å²) in [5, 5.41) is 9.22. The molecule has 0 saturated carbocycles. The van der Waals surface area contributed by atoms with E-state index in [1.807, 2.05) is 13.0 Å². The van der Waals surface area contributed by atoms with E-state index in [-0.39, 0.29) is 17.1 Å². The molecule has 0 aliphatic heterocycles. The van der Waals surface area contributed by atoms with Crippen LogP contribution in [0.25, 0.3) is 0 Å². The molecule has 1 aliphatic carbocycles. The minimum Gasteiger partial charge on any atom is -0.389 e. The topological polar surface area (TPSA) is 37.3 Å². The molecule has 1 aliphatic rings. The molecule has 15 heavy (non-hydrogen) atoms. The average Bonchev–Trinajstić information content (AvgIpc) is 1.98. The largest absolute Gasteiger partial charge is 0.389 e. The van der Waals surface area contributed by atoms with Crippen molar-refractivity contribution in [3.63, 3.8) is 0 Å². The van der Waals surface area contributed by atoms with Crippen molar-refractivity contribution in [1.82, 2.24) is 0 Å². The van der Waals surface area contributed by atoms with Crippen LogP contribution in [0.1, 0.15) is 34.1 Å². The fourth-order valence-corrected chi connectivity index (χ4v) is 2.25. The molecule has 0 spiro atoms. The number of carbonyl (C=O) groups excluding carboxylic acids is 1. The lowest BCUT2D eigenvalue weighted by atomic mass is 9.68. The first-order valence-electron chi connectivity index (χ1n) is 5.40. The van der Waals surface area contributed by atoms with Crippen molar-refractivity contribution >= 4 is 5.78 Å². The highest BCUT2D eigenvalue weighted by molar-refractivity contribution is 5.92. The number of allylic oxidation sites excluding steroid dienone is 3. The van der Waals surface area contributed by atoms with Crippen LogP contribution in [0.15, 0.2) is 23.8 Å². The molecule has 0 saturated heterocycles. The van der Waals surface area contributed by atoms with Crippen LogP contribution in [0.4, 0.5) is 0 Å². The van der Waals surface area contributed by atoms with Crippen molar-refractivity contribution in [1.29, 1.82) is 0 Å². The van der Waals surface area contributed by atoms with Gasteiger partial charge in [0.1, 0.15) is 0 Å². The zero-order valence-electron chi connectivity index (χ0n) is 9.95. The first kappa shape index (κ1) is 12.2. The Morgan fingerprint density at radius 1 is 1.60 bits per heavy atom. The highest BCUT2D eigenvalue weighted by Gasteiger charge is 2.34. The van der Waals surface area contributed by atoms with E-state index in [1.54, 1.807) is 19.1 Å². The molecule has 1 rings (SSSR count). The van der Waals surface area contributed by atoms with Gasteiger partial charge in [0.05, 0.1) is 6.10 Å². The predicted octanol–water partition coefficient (Wildman–Crippen LogP) is 2.48. The summed E-state index contributed by atoms with van der Waals surface area (Å²) in [6, 6.07) is 0. The minimum absolute atomic E-state index is 0.0404. The molecule has 0 aromatic rings. The fourth-order valence-electron chi connectivity index (χ4n) is 2.25. The monoisotopic (exact) mass is 208 g/mol. The molecule has 0 aromatic heterocycles. The summed E-state index contributed by atoms with van der Waals surface area (Å²) in [5.74, 6) is 0.462. The summed E-state index contributed by atoms with van der Waals surface area (Å²) in [7, 11) is 0. The number of rotatable bonds is 2. The summed E-state index contributed by atoms with van der Waals surface area (Å²) in [6.07, 6.45) is 5.69. The van der Waals surface area contributed by atoms with E-state index in [9.17, 15) is 9.90 Å². The summed E-state index contributed by atoms with van der Waals surface area (Å²) in [6.45, 7) is 7.91. The zero-order chi connectivity index (χ0) is 11.6. The molecule has 0 unspecified atom stereocenters. The SMILES string of the molecule is CC1=CC(=O)CC(C)(C)[C@@H]1/C=C/[C@@H](C)O. The van der Waals surface area contributed by atoms with Crippen LogP contribution in [0, 0.1) is 11.3 Å². The second-order valence-electron chi connectivity index (χ2n) is 5.12. The molecule has 0 amide bonds. The van der Waals surface area contributed by atoms with Gasteiger partial charge in [0.25, 0.3) is 0 Å². The van der Waals surface area contributed by atoms with Crippen molar-refractivity contribution in [2.75, 3.05) is 0 Å². The lowest BCUT2D eigenvalue weighted by molar-refractivity contribution is -0.117. The van der Waals surface area contributed by atoms with Crippen LogP contribution in [-0.4, -0.2) is 17.0 Å². The predicted molar refractivity (Wildman–Crippen MR) is 61.5 cm³/mol. The molecule has 0 aromatic carbocycles. The van der Waals surface area contributed by atoms with Gasteiger partial charge in [0.2, 0.25) is 0 Å². The molecule has 2 heteroatoms. The van der Waals surface area contributed by atoms with Crippen LogP contribution in [0.2, 0.25) is 0 Å². The van der Waals surface area contributed by atoms with Crippen LogP contribution in [0.3, 0.4) is 0 Å². The van der Waals surface area contributed by atoms with E-state index in [1.165, 1.54) is 0 Å². The van der Waals surface area contributed by atoms with Gasteiger partial charge in [-0.3, -0.25) is 4.79 Å². The molecule has 0 bridgehead atoms. The molecule has 0 radical (unpaired) electrons. The molecule has 2 atom stereocenters. The molecular weight excluding hydrogens is 188 g/mol. The first-order chi connectivity index (χ1) is 6.83. The highest BCUT2D eigenvalue weighted by atomic mass is 16.3. The normalized spacial score (nSPS) is 27.9. The quantitative estimate of drug-likeness (QED) is 0.708. The lowest BCUT2D eigenvalue weighted by Crippen LogP contribution is -2.30. The van der Waals surface area contributed by atoms with E-state index in [4.69, 9.17) is 0 Å². The standard InChI is InChI=1S/C13H20O2/c1-9-7-11(15)8-13(3,4)12(9)6-5-10(2)14/h5-7,10,12,14H,8H2,1-4H3/b6-5+/t10-,12-/m1/s1. The lowest BCUT2D eigenvalue weighted by Gasteiger charge is -2.35. The van der Waals surface area contributed by atoms with E-state index in [0.29, 0.717) is 6.42 Å². The molecule has 1 N–H and O–H groups in total. The van der Waals surface area contributed by atoms with Crippen LogP contribution < -0.4 is 0 Å².